The van der Waals surface area contributed by atoms with Gasteiger partial charge in [0.15, 0.2) is 23.0 Å². The molecule has 2 aromatic carbocycles. The molecule has 0 atom stereocenters. The lowest BCUT2D eigenvalue weighted by Gasteiger charge is -2.06. The molecule has 3 rings (SSSR count). The first-order valence-electron chi connectivity index (χ1n) is 9.22. The molecular formula is C24H24INO3. The first-order chi connectivity index (χ1) is 13.5. The average molecular weight is 501 g/mol. The fraction of sp³-hybridized carbons (Fsp3) is 0.208. The Morgan fingerprint density at radius 2 is 1.24 bits per heavy atom. The zero-order valence-corrected chi connectivity index (χ0v) is 19.0. The maximum atomic E-state index is 12.6. The summed E-state index contributed by atoms with van der Waals surface area (Å²) in [5.74, 6) is 0.813. The Balaban J connectivity index is 0.00000300. The van der Waals surface area contributed by atoms with E-state index in [0.717, 1.165) is 22.7 Å². The van der Waals surface area contributed by atoms with Crippen LogP contribution in [0.4, 0.5) is 0 Å². The van der Waals surface area contributed by atoms with Crippen LogP contribution in [0.15, 0.2) is 66.7 Å². The molecule has 4 nitrogen and oxygen atoms in total. The molecule has 0 radical (unpaired) electrons. The van der Waals surface area contributed by atoms with Crippen LogP contribution in [0.1, 0.15) is 37.7 Å². The summed E-state index contributed by atoms with van der Waals surface area (Å²) >= 11 is 0. The average Bonchev–Trinajstić information content (AvgIpc) is 2.71. The quantitative estimate of drug-likeness (QED) is 0.272. The van der Waals surface area contributed by atoms with Crippen molar-refractivity contribution in [3.8, 4) is 5.75 Å². The van der Waals surface area contributed by atoms with Crippen LogP contribution in [-0.2, 0) is 19.9 Å². The van der Waals surface area contributed by atoms with Gasteiger partial charge >= 0.3 is 0 Å². The molecule has 0 amide bonds. The Bertz CT molecular complexity index is 996. The number of carbonyl (C=O) groups is 2. The van der Waals surface area contributed by atoms with E-state index in [2.05, 4.69) is 0 Å². The Morgan fingerprint density at radius 1 is 0.793 bits per heavy atom. The van der Waals surface area contributed by atoms with Crippen molar-refractivity contribution in [2.45, 2.75) is 19.8 Å². The molecular weight excluding hydrogens is 477 g/mol. The highest BCUT2D eigenvalue weighted by atomic mass is 127. The molecule has 5 heteroatoms. The molecule has 0 aliphatic heterocycles. The van der Waals surface area contributed by atoms with E-state index in [1.165, 1.54) is 0 Å². The van der Waals surface area contributed by atoms with Crippen LogP contribution in [0.5, 0.6) is 5.75 Å². The zero-order chi connectivity index (χ0) is 20.1. The summed E-state index contributed by atoms with van der Waals surface area (Å²) in [6, 6.07) is 20.4. The van der Waals surface area contributed by atoms with Crippen molar-refractivity contribution in [1.82, 2.24) is 0 Å². The molecule has 1 heterocycles. The van der Waals surface area contributed by atoms with E-state index in [9.17, 15) is 9.59 Å². The van der Waals surface area contributed by atoms with E-state index < -0.39 is 0 Å². The van der Waals surface area contributed by atoms with Gasteiger partial charge in [0.1, 0.15) is 12.8 Å². The van der Waals surface area contributed by atoms with Gasteiger partial charge < -0.3 is 28.7 Å². The fourth-order valence-corrected chi connectivity index (χ4v) is 3.08. The molecule has 0 aliphatic carbocycles. The van der Waals surface area contributed by atoms with Gasteiger partial charge in [-0.2, -0.15) is 0 Å². The van der Waals surface area contributed by atoms with E-state index in [0.29, 0.717) is 17.5 Å². The number of rotatable bonds is 7. The SMILES string of the molecule is COc1ccc(C(=O)Cc2cccc(CC(=O)c3ccc(C)cc3)[n+]2C)cc1.[I-]. The normalized spacial score (nSPS) is 10.2. The summed E-state index contributed by atoms with van der Waals surface area (Å²) in [5.41, 5.74) is 4.22. The van der Waals surface area contributed by atoms with Crippen molar-refractivity contribution in [3.63, 3.8) is 0 Å². The minimum atomic E-state index is 0. The summed E-state index contributed by atoms with van der Waals surface area (Å²) in [5, 5.41) is 0. The highest BCUT2D eigenvalue weighted by Crippen LogP contribution is 2.13. The second-order valence-corrected chi connectivity index (χ2v) is 6.86. The van der Waals surface area contributed by atoms with Gasteiger partial charge in [0.2, 0.25) is 0 Å². The number of nitrogens with zero attached hydrogens (tertiary/aromatic N) is 1. The summed E-state index contributed by atoms with van der Waals surface area (Å²) in [6.45, 7) is 2.00. The molecule has 0 bridgehead atoms. The first-order valence-corrected chi connectivity index (χ1v) is 9.22. The third-order valence-corrected chi connectivity index (χ3v) is 4.91. The fourth-order valence-electron chi connectivity index (χ4n) is 3.08. The number of halogens is 1. The molecule has 0 unspecified atom stereocenters. The van der Waals surface area contributed by atoms with Gasteiger partial charge in [0.05, 0.1) is 20.0 Å². The zero-order valence-electron chi connectivity index (χ0n) is 16.8. The maximum absolute atomic E-state index is 12.6. The van der Waals surface area contributed by atoms with Crippen molar-refractivity contribution >= 4 is 11.6 Å². The molecule has 0 saturated heterocycles. The summed E-state index contributed by atoms with van der Waals surface area (Å²) in [7, 11) is 3.49. The van der Waals surface area contributed by atoms with E-state index in [-0.39, 0.29) is 42.0 Å². The van der Waals surface area contributed by atoms with Crippen LogP contribution in [0, 0.1) is 6.92 Å². The molecule has 0 fully saturated rings. The molecule has 29 heavy (non-hydrogen) atoms. The first kappa shape index (κ1) is 22.7. The largest absolute Gasteiger partial charge is 1.00 e. The van der Waals surface area contributed by atoms with Gasteiger partial charge in [-0.3, -0.25) is 9.59 Å². The van der Waals surface area contributed by atoms with Crippen LogP contribution in [0.3, 0.4) is 0 Å². The number of Topliss-reactive ketones (excluding diaryl/α,β-unsaturated/α-hetero) is 2. The monoisotopic (exact) mass is 501 g/mol. The van der Waals surface area contributed by atoms with Gasteiger partial charge in [0, 0.05) is 23.3 Å². The standard InChI is InChI=1S/C24H24NO3.HI/c1-17-7-9-18(10-8-17)23(26)15-20-5-4-6-21(25(20)2)16-24(27)19-11-13-22(28-3)14-12-19;/h4-14H,15-16H2,1-3H3;1H/q+1;/p-1. The van der Waals surface area contributed by atoms with Crippen LogP contribution in [0.25, 0.3) is 0 Å². The summed E-state index contributed by atoms with van der Waals surface area (Å²) in [6.07, 6.45) is 0.569. The van der Waals surface area contributed by atoms with Gasteiger partial charge in [-0.05, 0) is 37.3 Å². The van der Waals surface area contributed by atoms with Crippen molar-refractivity contribution in [1.29, 1.82) is 0 Å². The predicted octanol–water partition coefficient (Wildman–Crippen LogP) is 0.683. The highest BCUT2D eigenvalue weighted by Gasteiger charge is 2.19. The predicted molar refractivity (Wildman–Crippen MR) is 108 cm³/mol. The van der Waals surface area contributed by atoms with Crippen molar-refractivity contribution < 1.29 is 42.9 Å². The van der Waals surface area contributed by atoms with Crippen molar-refractivity contribution in [2.75, 3.05) is 7.11 Å². The number of hydrogen-bond acceptors (Lipinski definition) is 3. The van der Waals surface area contributed by atoms with Crippen LogP contribution < -0.4 is 33.3 Å². The van der Waals surface area contributed by atoms with E-state index in [4.69, 9.17) is 4.74 Å². The molecule has 150 valence electrons. The summed E-state index contributed by atoms with van der Waals surface area (Å²) in [4.78, 5) is 25.2. The lowest BCUT2D eigenvalue weighted by molar-refractivity contribution is -0.685. The topological polar surface area (TPSA) is 47.3 Å². The van der Waals surface area contributed by atoms with Crippen LogP contribution in [-0.4, -0.2) is 18.7 Å². The number of aromatic nitrogens is 1. The Labute approximate surface area is 188 Å². The highest BCUT2D eigenvalue weighted by molar-refractivity contribution is 5.98. The smallest absolute Gasteiger partial charge is 0.189 e. The minimum absolute atomic E-state index is 0. The number of ether oxygens (including phenoxy) is 1. The number of aryl methyl sites for hydroxylation is 1. The molecule has 1 aromatic heterocycles. The molecule has 0 aliphatic rings. The van der Waals surface area contributed by atoms with Crippen molar-refractivity contribution in [2.24, 2.45) is 7.05 Å². The number of benzene rings is 2. The Kier molecular flexibility index (Phi) is 8.08. The number of carbonyl (C=O) groups excluding carboxylic acids is 2. The van der Waals surface area contributed by atoms with Gasteiger partial charge in [0.25, 0.3) is 0 Å². The van der Waals surface area contributed by atoms with Gasteiger partial charge in [-0.15, -0.1) is 0 Å². The number of methoxy groups -OCH3 is 1. The van der Waals surface area contributed by atoms with Gasteiger partial charge in [-0.1, -0.05) is 29.8 Å². The molecule has 0 N–H and O–H groups in total. The minimum Gasteiger partial charge on any atom is -1.00 e. The van der Waals surface area contributed by atoms with Crippen molar-refractivity contribution in [3.05, 3.63) is 94.8 Å². The van der Waals surface area contributed by atoms with Crippen LogP contribution >= 0.6 is 0 Å². The number of hydrogen-bond donors (Lipinski definition) is 0. The third kappa shape index (κ3) is 5.73. The molecule has 0 spiro atoms. The Morgan fingerprint density at radius 3 is 1.69 bits per heavy atom. The number of pyridine rings is 1. The van der Waals surface area contributed by atoms with E-state index in [1.807, 2.05) is 61.0 Å². The lowest BCUT2D eigenvalue weighted by atomic mass is 10.0. The summed E-state index contributed by atoms with van der Waals surface area (Å²) < 4.78 is 7.07. The third-order valence-electron chi connectivity index (χ3n) is 4.91. The lowest BCUT2D eigenvalue weighted by Crippen LogP contribution is -3.00. The van der Waals surface area contributed by atoms with Crippen LogP contribution in [0.2, 0.25) is 0 Å². The second-order valence-electron chi connectivity index (χ2n) is 6.86. The maximum Gasteiger partial charge on any atom is 0.189 e. The van der Waals surface area contributed by atoms with E-state index in [1.54, 1.807) is 31.4 Å². The number of ketones is 2. The van der Waals surface area contributed by atoms with Gasteiger partial charge in [-0.25, -0.2) is 4.57 Å². The second kappa shape index (κ2) is 10.3. The molecule has 0 saturated carbocycles. The Hall–Kier alpha value is -2.54. The molecule has 3 aromatic rings. The van der Waals surface area contributed by atoms with E-state index >= 15 is 0 Å².